The van der Waals surface area contributed by atoms with Gasteiger partial charge in [0.1, 0.15) is 5.82 Å². The van der Waals surface area contributed by atoms with Crippen LogP contribution in [0.3, 0.4) is 0 Å². The summed E-state index contributed by atoms with van der Waals surface area (Å²) in [5.41, 5.74) is 5.13. The standard InChI is InChI=1S/C19H25N7O/c1-13-18(14(2)21-20-13)6-5-11-25(4)19(27)17-9-7-16(8-10-17)12-26-15(3)22-23-24-26/h7-10H,5-6,11-12H2,1-4H3,(H,20,21). The fourth-order valence-corrected chi connectivity index (χ4v) is 3.08. The maximum Gasteiger partial charge on any atom is 0.253 e. The third-order valence-corrected chi connectivity index (χ3v) is 4.79. The number of rotatable bonds is 7. The number of amides is 1. The summed E-state index contributed by atoms with van der Waals surface area (Å²) in [6.07, 6.45) is 1.82. The molecule has 1 aromatic carbocycles. The Morgan fingerprint density at radius 2 is 1.93 bits per heavy atom. The van der Waals surface area contributed by atoms with E-state index in [1.54, 1.807) is 9.58 Å². The van der Waals surface area contributed by atoms with Crippen LogP contribution in [-0.4, -0.2) is 54.8 Å². The van der Waals surface area contributed by atoms with Gasteiger partial charge >= 0.3 is 0 Å². The fourth-order valence-electron chi connectivity index (χ4n) is 3.08. The van der Waals surface area contributed by atoms with Crippen LogP contribution in [0.5, 0.6) is 0 Å². The Bertz CT molecular complexity index is 891. The van der Waals surface area contributed by atoms with E-state index < -0.39 is 0 Å². The van der Waals surface area contributed by atoms with Crippen LogP contribution >= 0.6 is 0 Å². The topological polar surface area (TPSA) is 92.6 Å². The first kappa shape index (κ1) is 18.8. The first-order chi connectivity index (χ1) is 13.0. The minimum atomic E-state index is 0.0285. The summed E-state index contributed by atoms with van der Waals surface area (Å²) in [5.74, 6) is 0.791. The molecule has 1 amide bonds. The normalized spacial score (nSPS) is 11.0. The second-order valence-electron chi connectivity index (χ2n) is 6.82. The Morgan fingerprint density at radius 1 is 1.19 bits per heavy atom. The molecule has 0 spiro atoms. The van der Waals surface area contributed by atoms with E-state index in [-0.39, 0.29) is 5.91 Å². The van der Waals surface area contributed by atoms with Gasteiger partial charge in [-0.3, -0.25) is 9.89 Å². The molecule has 3 aromatic rings. The average molecular weight is 367 g/mol. The van der Waals surface area contributed by atoms with Gasteiger partial charge in [-0.05, 0) is 67.3 Å². The van der Waals surface area contributed by atoms with Gasteiger partial charge in [-0.25, -0.2) is 4.68 Å². The number of carbonyl (C=O) groups excluding carboxylic acids is 1. The zero-order valence-corrected chi connectivity index (χ0v) is 16.2. The number of aromatic nitrogens is 6. The molecule has 0 saturated carbocycles. The van der Waals surface area contributed by atoms with E-state index in [1.807, 2.05) is 52.1 Å². The quantitative estimate of drug-likeness (QED) is 0.690. The summed E-state index contributed by atoms with van der Waals surface area (Å²) in [5, 5.41) is 18.7. The van der Waals surface area contributed by atoms with E-state index in [9.17, 15) is 4.79 Å². The molecule has 142 valence electrons. The van der Waals surface area contributed by atoms with Crippen LogP contribution in [0, 0.1) is 20.8 Å². The number of carbonyl (C=O) groups is 1. The Labute approximate surface area is 158 Å². The third-order valence-electron chi connectivity index (χ3n) is 4.79. The zero-order chi connectivity index (χ0) is 19.4. The third kappa shape index (κ3) is 4.39. The van der Waals surface area contributed by atoms with Gasteiger partial charge in [-0.15, -0.1) is 5.10 Å². The van der Waals surface area contributed by atoms with E-state index in [2.05, 4.69) is 25.7 Å². The van der Waals surface area contributed by atoms with E-state index in [0.29, 0.717) is 18.7 Å². The van der Waals surface area contributed by atoms with Crippen molar-refractivity contribution < 1.29 is 4.79 Å². The van der Waals surface area contributed by atoms with Crippen molar-refractivity contribution in [3.8, 4) is 0 Å². The second kappa shape index (κ2) is 8.11. The van der Waals surface area contributed by atoms with Crippen molar-refractivity contribution in [3.05, 3.63) is 58.2 Å². The number of aromatic amines is 1. The molecule has 0 aliphatic rings. The molecule has 0 unspecified atom stereocenters. The molecule has 0 saturated heterocycles. The highest BCUT2D eigenvalue weighted by atomic mass is 16.2. The minimum Gasteiger partial charge on any atom is -0.342 e. The van der Waals surface area contributed by atoms with Crippen molar-refractivity contribution in [1.29, 1.82) is 0 Å². The van der Waals surface area contributed by atoms with Crippen molar-refractivity contribution in [2.24, 2.45) is 0 Å². The van der Waals surface area contributed by atoms with Crippen LogP contribution in [0.4, 0.5) is 0 Å². The van der Waals surface area contributed by atoms with Gasteiger partial charge in [0.2, 0.25) is 0 Å². The number of nitrogens with zero attached hydrogens (tertiary/aromatic N) is 6. The lowest BCUT2D eigenvalue weighted by atomic mass is 10.1. The van der Waals surface area contributed by atoms with Gasteiger partial charge in [-0.1, -0.05) is 12.1 Å². The molecule has 0 bridgehead atoms. The van der Waals surface area contributed by atoms with Crippen molar-refractivity contribution in [1.82, 2.24) is 35.3 Å². The Morgan fingerprint density at radius 3 is 2.52 bits per heavy atom. The summed E-state index contributed by atoms with van der Waals surface area (Å²) in [7, 11) is 1.84. The SMILES string of the molecule is Cc1n[nH]c(C)c1CCCN(C)C(=O)c1ccc(Cn2nnnc2C)cc1. The Balaban J connectivity index is 1.54. The summed E-state index contributed by atoms with van der Waals surface area (Å²) < 4.78 is 1.72. The van der Waals surface area contributed by atoms with Gasteiger partial charge < -0.3 is 4.90 Å². The zero-order valence-electron chi connectivity index (χ0n) is 16.2. The molecule has 2 heterocycles. The lowest BCUT2D eigenvalue weighted by Crippen LogP contribution is -2.28. The number of benzene rings is 1. The lowest BCUT2D eigenvalue weighted by Gasteiger charge is -2.17. The van der Waals surface area contributed by atoms with Gasteiger partial charge in [-0.2, -0.15) is 5.10 Å². The molecular formula is C19H25N7O. The fraction of sp³-hybridized carbons (Fsp3) is 0.421. The molecule has 8 nitrogen and oxygen atoms in total. The van der Waals surface area contributed by atoms with E-state index in [0.717, 1.165) is 35.6 Å². The molecule has 0 aliphatic heterocycles. The highest BCUT2D eigenvalue weighted by Crippen LogP contribution is 2.13. The highest BCUT2D eigenvalue weighted by molar-refractivity contribution is 5.94. The maximum atomic E-state index is 12.6. The first-order valence-corrected chi connectivity index (χ1v) is 9.03. The molecule has 0 fully saturated rings. The molecule has 0 atom stereocenters. The Hall–Kier alpha value is -3.03. The minimum absolute atomic E-state index is 0.0285. The second-order valence-corrected chi connectivity index (χ2v) is 6.82. The number of H-pyrrole nitrogens is 1. The summed E-state index contributed by atoms with van der Waals surface area (Å²) in [6, 6.07) is 7.61. The van der Waals surface area contributed by atoms with Gasteiger partial charge in [0.05, 0.1) is 12.2 Å². The highest BCUT2D eigenvalue weighted by Gasteiger charge is 2.13. The van der Waals surface area contributed by atoms with Gasteiger partial charge in [0, 0.05) is 24.8 Å². The van der Waals surface area contributed by atoms with Gasteiger partial charge in [0.15, 0.2) is 0 Å². The molecule has 1 N–H and O–H groups in total. The van der Waals surface area contributed by atoms with Crippen LogP contribution in [0.1, 0.15) is 45.1 Å². The average Bonchev–Trinajstić information content (AvgIpc) is 3.21. The predicted molar refractivity (Wildman–Crippen MR) is 101 cm³/mol. The van der Waals surface area contributed by atoms with E-state index in [4.69, 9.17) is 0 Å². The van der Waals surface area contributed by atoms with Crippen molar-refractivity contribution in [3.63, 3.8) is 0 Å². The van der Waals surface area contributed by atoms with Crippen LogP contribution in [0.2, 0.25) is 0 Å². The number of aryl methyl sites for hydroxylation is 3. The first-order valence-electron chi connectivity index (χ1n) is 9.03. The van der Waals surface area contributed by atoms with Crippen LogP contribution in [0.25, 0.3) is 0 Å². The largest absolute Gasteiger partial charge is 0.342 e. The van der Waals surface area contributed by atoms with Crippen LogP contribution in [0.15, 0.2) is 24.3 Å². The lowest BCUT2D eigenvalue weighted by molar-refractivity contribution is 0.0793. The molecule has 27 heavy (non-hydrogen) atoms. The molecule has 0 aliphatic carbocycles. The van der Waals surface area contributed by atoms with E-state index >= 15 is 0 Å². The molecule has 8 heteroatoms. The summed E-state index contributed by atoms with van der Waals surface area (Å²) in [4.78, 5) is 14.4. The predicted octanol–water partition coefficient (Wildman–Crippen LogP) is 2.07. The molecule has 3 rings (SSSR count). The monoisotopic (exact) mass is 367 g/mol. The molecule has 0 radical (unpaired) electrons. The molecule has 2 aromatic heterocycles. The van der Waals surface area contributed by atoms with Crippen molar-refractivity contribution in [2.75, 3.05) is 13.6 Å². The van der Waals surface area contributed by atoms with Gasteiger partial charge in [0.25, 0.3) is 5.91 Å². The smallest absolute Gasteiger partial charge is 0.253 e. The van der Waals surface area contributed by atoms with Crippen LogP contribution < -0.4 is 0 Å². The molecular weight excluding hydrogens is 342 g/mol. The summed E-state index contributed by atoms with van der Waals surface area (Å²) in [6.45, 7) is 7.19. The van der Waals surface area contributed by atoms with Crippen molar-refractivity contribution >= 4 is 5.91 Å². The Kier molecular flexibility index (Phi) is 5.63. The number of hydrogen-bond donors (Lipinski definition) is 1. The number of nitrogens with one attached hydrogen (secondary N) is 1. The number of hydrogen-bond acceptors (Lipinski definition) is 5. The maximum absolute atomic E-state index is 12.6. The summed E-state index contributed by atoms with van der Waals surface area (Å²) >= 11 is 0. The van der Waals surface area contributed by atoms with Crippen molar-refractivity contribution in [2.45, 2.75) is 40.2 Å². The van der Waals surface area contributed by atoms with E-state index in [1.165, 1.54) is 5.56 Å². The van der Waals surface area contributed by atoms with Crippen LogP contribution in [-0.2, 0) is 13.0 Å². The number of tetrazole rings is 1.